The molecular formula is C12H26N2. The van der Waals surface area contributed by atoms with E-state index in [1.807, 2.05) is 0 Å². The van der Waals surface area contributed by atoms with E-state index in [1.54, 1.807) is 0 Å². The van der Waals surface area contributed by atoms with Gasteiger partial charge >= 0.3 is 0 Å². The summed E-state index contributed by atoms with van der Waals surface area (Å²) in [4.78, 5) is 0. The Labute approximate surface area is 88.6 Å². The highest BCUT2D eigenvalue weighted by atomic mass is 15.0. The van der Waals surface area contributed by atoms with Crippen LogP contribution in [0, 0.1) is 5.92 Å². The highest BCUT2D eigenvalue weighted by Crippen LogP contribution is 2.29. The normalized spacial score (nSPS) is 34.5. The van der Waals surface area contributed by atoms with Crippen LogP contribution in [0.15, 0.2) is 0 Å². The molecule has 2 nitrogen and oxygen atoms in total. The van der Waals surface area contributed by atoms with Crippen LogP contribution in [0.25, 0.3) is 0 Å². The molecule has 2 unspecified atom stereocenters. The molecule has 0 saturated heterocycles. The van der Waals surface area contributed by atoms with Crippen molar-refractivity contribution in [3.05, 3.63) is 0 Å². The van der Waals surface area contributed by atoms with Gasteiger partial charge in [-0.15, -0.1) is 0 Å². The molecule has 14 heavy (non-hydrogen) atoms. The summed E-state index contributed by atoms with van der Waals surface area (Å²) in [5.74, 6) is 0.886. The minimum atomic E-state index is 0.235. The standard InChI is InChI=1S/C12H26N2/c1-10(2)14-12(9-13)7-4-5-11(3)6-8-12/h10-11,14H,4-9,13H2,1-3H3. The predicted molar refractivity (Wildman–Crippen MR) is 62.3 cm³/mol. The Kier molecular flexibility index (Phi) is 4.39. The molecule has 1 rings (SSSR count). The second-order valence-corrected chi connectivity index (χ2v) is 5.32. The van der Waals surface area contributed by atoms with Crippen molar-refractivity contribution in [1.82, 2.24) is 5.32 Å². The highest BCUT2D eigenvalue weighted by molar-refractivity contribution is 4.92. The van der Waals surface area contributed by atoms with Crippen LogP contribution in [0.4, 0.5) is 0 Å². The smallest absolute Gasteiger partial charge is 0.0306 e. The molecule has 1 aliphatic carbocycles. The first kappa shape index (κ1) is 12.0. The van der Waals surface area contributed by atoms with Crippen LogP contribution in [0.5, 0.6) is 0 Å². The molecule has 0 aliphatic heterocycles. The Morgan fingerprint density at radius 1 is 1.36 bits per heavy atom. The first-order valence-corrected chi connectivity index (χ1v) is 6.06. The number of hydrogen-bond acceptors (Lipinski definition) is 2. The minimum Gasteiger partial charge on any atom is -0.329 e. The van der Waals surface area contributed by atoms with Gasteiger partial charge in [-0.1, -0.05) is 33.6 Å². The number of hydrogen-bond donors (Lipinski definition) is 2. The van der Waals surface area contributed by atoms with E-state index in [-0.39, 0.29) is 5.54 Å². The summed E-state index contributed by atoms with van der Waals surface area (Å²) in [6.07, 6.45) is 6.55. The van der Waals surface area contributed by atoms with E-state index in [1.165, 1.54) is 32.1 Å². The van der Waals surface area contributed by atoms with E-state index < -0.39 is 0 Å². The van der Waals surface area contributed by atoms with Crippen molar-refractivity contribution >= 4 is 0 Å². The van der Waals surface area contributed by atoms with Gasteiger partial charge in [0.05, 0.1) is 0 Å². The predicted octanol–water partition coefficient (Wildman–Crippen LogP) is 2.28. The van der Waals surface area contributed by atoms with Gasteiger partial charge in [0.15, 0.2) is 0 Å². The topological polar surface area (TPSA) is 38.0 Å². The largest absolute Gasteiger partial charge is 0.329 e. The Hall–Kier alpha value is -0.0800. The molecule has 0 aromatic carbocycles. The minimum absolute atomic E-state index is 0.235. The van der Waals surface area contributed by atoms with E-state index in [0.29, 0.717) is 6.04 Å². The van der Waals surface area contributed by atoms with Gasteiger partial charge in [-0.2, -0.15) is 0 Å². The number of rotatable bonds is 3. The van der Waals surface area contributed by atoms with Crippen molar-refractivity contribution in [3.8, 4) is 0 Å². The van der Waals surface area contributed by atoms with Gasteiger partial charge in [0.1, 0.15) is 0 Å². The summed E-state index contributed by atoms with van der Waals surface area (Å²) in [7, 11) is 0. The second kappa shape index (κ2) is 5.13. The third kappa shape index (κ3) is 3.25. The Balaban J connectivity index is 2.58. The molecule has 0 amide bonds. The van der Waals surface area contributed by atoms with E-state index in [4.69, 9.17) is 5.73 Å². The average molecular weight is 198 g/mol. The lowest BCUT2D eigenvalue weighted by Gasteiger charge is -2.35. The maximum absolute atomic E-state index is 5.94. The molecule has 84 valence electrons. The molecule has 0 aromatic rings. The third-order valence-electron chi connectivity index (χ3n) is 3.45. The molecule has 0 heterocycles. The van der Waals surface area contributed by atoms with Crippen molar-refractivity contribution in [2.75, 3.05) is 6.54 Å². The zero-order valence-electron chi connectivity index (χ0n) is 9.97. The van der Waals surface area contributed by atoms with E-state index in [0.717, 1.165) is 12.5 Å². The zero-order chi connectivity index (χ0) is 10.6. The average Bonchev–Trinajstić information content (AvgIpc) is 2.29. The van der Waals surface area contributed by atoms with Gasteiger partial charge in [0, 0.05) is 18.1 Å². The number of nitrogens with one attached hydrogen (secondary N) is 1. The van der Waals surface area contributed by atoms with Gasteiger partial charge in [-0.25, -0.2) is 0 Å². The Morgan fingerprint density at radius 2 is 2.07 bits per heavy atom. The molecule has 2 heteroatoms. The van der Waals surface area contributed by atoms with Gasteiger partial charge in [0.25, 0.3) is 0 Å². The molecule has 0 aromatic heterocycles. The Morgan fingerprint density at radius 3 is 2.64 bits per heavy atom. The van der Waals surface area contributed by atoms with Crippen molar-refractivity contribution < 1.29 is 0 Å². The molecule has 0 bridgehead atoms. The molecular weight excluding hydrogens is 172 g/mol. The first-order chi connectivity index (χ1) is 6.58. The molecule has 0 radical (unpaired) electrons. The van der Waals surface area contributed by atoms with Gasteiger partial charge in [0.2, 0.25) is 0 Å². The lowest BCUT2D eigenvalue weighted by Crippen LogP contribution is -2.53. The summed E-state index contributed by atoms with van der Waals surface area (Å²) in [6, 6.07) is 0.548. The Bertz CT molecular complexity index is 168. The highest BCUT2D eigenvalue weighted by Gasteiger charge is 2.30. The molecule has 1 saturated carbocycles. The lowest BCUT2D eigenvalue weighted by molar-refractivity contribution is 0.268. The fourth-order valence-corrected chi connectivity index (χ4v) is 2.60. The SMILES string of the molecule is CC1CCCC(CN)(NC(C)C)CC1. The maximum atomic E-state index is 5.94. The van der Waals surface area contributed by atoms with Crippen molar-refractivity contribution in [3.63, 3.8) is 0 Å². The zero-order valence-corrected chi connectivity index (χ0v) is 9.97. The van der Waals surface area contributed by atoms with E-state index in [9.17, 15) is 0 Å². The third-order valence-corrected chi connectivity index (χ3v) is 3.45. The van der Waals surface area contributed by atoms with Crippen LogP contribution in [0.1, 0.15) is 52.9 Å². The second-order valence-electron chi connectivity index (χ2n) is 5.32. The summed E-state index contributed by atoms with van der Waals surface area (Å²) in [6.45, 7) is 7.58. The maximum Gasteiger partial charge on any atom is 0.0306 e. The fourth-order valence-electron chi connectivity index (χ4n) is 2.60. The molecule has 1 aliphatic rings. The van der Waals surface area contributed by atoms with Gasteiger partial charge < -0.3 is 11.1 Å². The van der Waals surface area contributed by atoms with Gasteiger partial charge in [-0.3, -0.25) is 0 Å². The van der Waals surface area contributed by atoms with Gasteiger partial charge in [-0.05, 0) is 25.2 Å². The first-order valence-electron chi connectivity index (χ1n) is 6.06. The van der Waals surface area contributed by atoms with E-state index in [2.05, 4.69) is 26.1 Å². The monoisotopic (exact) mass is 198 g/mol. The molecule has 2 atom stereocenters. The molecule has 3 N–H and O–H groups in total. The quantitative estimate of drug-likeness (QED) is 0.683. The summed E-state index contributed by atoms with van der Waals surface area (Å²) in [5.41, 5.74) is 6.17. The van der Waals surface area contributed by atoms with Crippen LogP contribution >= 0.6 is 0 Å². The van der Waals surface area contributed by atoms with Crippen LogP contribution in [0.3, 0.4) is 0 Å². The van der Waals surface area contributed by atoms with Crippen molar-refractivity contribution in [2.24, 2.45) is 11.7 Å². The fraction of sp³-hybridized carbons (Fsp3) is 1.00. The van der Waals surface area contributed by atoms with E-state index >= 15 is 0 Å². The summed E-state index contributed by atoms with van der Waals surface area (Å²) in [5, 5.41) is 3.68. The lowest BCUT2D eigenvalue weighted by atomic mass is 9.89. The van der Waals surface area contributed by atoms with Crippen molar-refractivity contribution in [1.29, 1.82) is 0 Å². The molecule has 0 spiro atoms. The van der Waals surface area contributed by atoms with Crippen LogP contribution in [0.2, 0.25) is 0 Å². The number of nitrogens with two attached hydrogens (primary N) is 1. The van der Waals surface area contributed by atoms with Crippen LogP contribution in [-0.4, -0.2) is 18.1 Å². The van der Waals surface area contributed by atoms with Crippen LogP contribution < -0.4 is 11.1 Å². The molecule has 1 fully saturated rings. The summed E-state index contributed by atoms with van der Waals surface area (Å²) >= 11 is 0. The van der Waals surface area contributed by atoms with Crippen LogP contribution in [-0.2, 0) is 0 Å². The summed E-state index contributed by atoms with van der Waals surface area (Å²) < 4.78 is 0. The van der Waals surface area contributed by atoms with Crippen molar-refractivity contribution in [2.45, 2.75) is 64.5 Å².